The van der Waals surface area contributed by atoms with Gasteiger partial charge in [-0.25, -0.2) is 14.8 Å². The third-order valence-corrected chi connectivity index (χ3v) is 4.44. The number of halogens is 2. The van der Waals surface area contributed by atoms with Gasteiger partial charge in [-0.3, -0.25) is 0 Å². The molecule has 7 heteroatoms. The first-order chi connectivity index (χ1) is 10.6. The van der Waals surface area contributed by atoms with E-state index < -0.39 is 12.0 Å². The molecule has 1 saturated heterocycles. The lowest BCUT2D eigenvalue weighted by Crippen LogP contribution is -2.36. The Labute approximate surface area is 137 Å². The van der Waals surface area contributed by atoms with Crippen LogP contribution in [0.2, 0.25) is 10.0 Å². The average molecular weight is 338 g/mol. The summed E-state index contributed by atoms with van der Waals surface area (Å²) in [5.41, 5.74) is 1.49. The molecule has 1 aliphatic rings. The maximum absolute atomic E-state index is 11.3. The van der Waals surface area contributed by atoms with E-state index in [0.717, 1.165) is 12.0 Å². The van der Waals surface area contributed by atoms with Gasteiger partial charge in [-0.05, 0) is 25.0 Å². The monoisotopic (exact) mass is 337 g/mol. The summed E-state index contributed by atoms with van der Waals surface area (Å²) in [7, 11) is 0. The summed E-state index contributed by atoms with van der Waals surface area (Å²) < 4.78 is 0. The van der Waals surface area contributed by atoms with Crippen LogP contribution in [0, 0.1) is 0 Å². The van der Waals surface area contributed by atoms with Crippen molar-refractivity contribution in [2.24, 2.45) is 0 Å². The van der Waals surface area contributed by atoms with E-state index in [1.54, 1.807) is 23.1 Å². The maximum Gasteiger partial charge on any atom is 0.326 e. The molecule has 0 radical (unpaired) electrons. The van der Waals surface area contributed by atoms with Crippen molar-refractivity contribution >= 4 is 35.0 Å². The number of nitrogens with zero attached hydrogens (tertiary/aromatic N) is 3. The van der Waals surface area contributed by atoms with Gasteiger partial charge in [0.2, 0.25) is 0 Å². The van der Waals surface area contributed by atoms with Crippen LogP contribution in [0.1, 0.15) is 12.8 Å². The molecule has 2 heterocycles. The fraction of sp³-hybridized carbons (Fsp3) is 0.267. The molecular weight excluding hydrogens is 325 g/mol. The Hall–Kier alpha value is -1.85. The molecular formula is C15H13Cl2N3O2. The first-order valence-corrected chi connectivity index (χ1v) is 7.59. The molecule has 1 aliphatic heterocycles. The van der Waals surface area contributed by atoms with Crippen molar-refractivity contribution in [2.75, 3.05) is 11.4 Å². The predicted molar refractivity (Wildman–Crippen MR) is 85.5 cm³/mol. The summed E-state index contributed by atoms with van der Waals surface area (Å²) in [5, 5.41) is 10.2. The van der Waals surface area contributed by atoms with E-state index in [2.05, 4.69) is 9.97 Å². The van der Waals surface area contributed by atoms with Gasteiger partial charge >= 0.3 is 5.97 Å². The molecule has 1 atom stereocenters. The molecule has 0 unspecified atom stereocenters. The van der Waals surface area contributed by atoms with E-state index in [1.165, 1.54) is 6.33 Å². The first-order valence-electron chi connectivity index (χ1n) is 6.83. The van der Waals surface area contributed by atoms with Gasteiger partial charge in [-0.15, -0.1) is 0 Å². The zero-order valence-corrected chi connectivity index (χ0v) is 13.1. The van der Waals surface area contributed by atoms with Gasteiger partial charge < -0.3 is 10.0 Å². The van der Waals surface area contributed by atoms with Crippen LogP contribution in [0.15, 0.2) is 30.6 Å². The quantitative estimate of drug-likeness (QED) is 0.928. The molecule has 0 saturated carbocycles. The van der Waals surface area contributed by atoms with Crippen LogP contribution in [-0.4, -0.2) is 33.6 Å². The van der Waals surface area contributed by atoms with Gasteiger partial charge in [0.25, 0.3) is 0 Å². The zero-order chi connectivity index (χ0) is 15.7. The Bertz CT molecular complexity index is 724. The van der Waals surface area contributed by atoms with Gasteiger partial charge in [0.05, 0.1) is 15.7 Å². The third kappa shape index (κ3) is 2.87. The lowest BCUT2D eigenvalue weighted by molar-refractivity contribution is -0.138. The van der Waals surface area contributed by atoms with Crippen LogP contribution in [-0.2, 0) is 4.79 Å². The normalized spacial score (nSPS) is 17.7. The SMILES string of the molecule is O=C(O)[C@@H]1CCCN1c1cc(-c2ccc(Cl)c(Cl)c2)ncn1. The van der Waals surface area contributed by atoms with Crippen LogP contribution >= 0.6 is 23.2 Å². The number of carbonyl (C=O) groups is 1. The van der Waals surface area contributed by atoms with Gasteiger partial charge in [0, 0.05) is 18.2 Å². The highest BCUT2D eigenvalue weighted by Crippen LogP contribution is 2.30. The van der Waals surface area contributed by atoms with Crippen molar-refractivity contribution in [3.05, 3.63) is 40.6 Å². The smallest absolute Gasteiger partial charge is 0.326 e. The van der Waals surface area contributed by atoms with E-state index >= 15 is 0 Å². The van der Waals surface area contributed by atoms with Crippen molar-refractivity contribution in [3.63, 3.8) is 0 Å². The highest BCUT2D eigenvalue weighted by atomic mass is 35.5. The first kappa shape index (κ1) is 15.1. The number of rotatable bonds is 3. The summed E-state index contributed by atoms with van der Waals surface area (Å²) in [6, 6.07) is 6.50. The summed E-state index contributed by atoms with van der Waals surface area (Å²) in [6.45, 7) is 0.675. The molecule has 0 bridgehead atoms. The van der Waals surface area contributed by atoms with Crippen molar-refractivity contribution in [1.82, 2.24) is 9.97 Å². The number of carboxylic acids is 1. The molecule has 1 N–H and O–H groups in total. The van der Waals surface area contributed by atoms with Crippen LogP contribution in [0.4, 0.5) is 5.82 Å². The number of carboxylic acid groups (broad SMARTS) is 1. The van der Waals surface area contributed by atoms with Crippen LogP contribution in [0.3, 0.4) is 0 Å². The van der Waals surface area contributed by atoms with E-state index in [0.29, 0.717) is 34.5 Å². The van der Waals surface area contributed by atoms with Gasteiger partial charge in [-0.2, -0.15) is 0 Å². The number of aliphatic carboxylic acids is 1. The minimum absolute atomic E-state index is 0.448. The van der Waals surface area contributed by atoms with E-state index in [-0.39, 0.29) is 0 Å². The van der Waals surface area contributed by atoms with Gasteiger partial charge in [0.1, 0.15) is 18.2 Å². The van der Waals surface area contributed by atoms with E-state index in [1.807, 2.05) is 6.07 Å². The summed E-state index contributed by atoms with van der Waals surface area (Å²) >= 11 is 12.0. The largest absolute Gasteiger partial charge is 0.480 e. The summed E-state index contributed by atoms with van der Waals surface area (Å²) in [6.07, 6.45) is 2.90. The number of aromatic nitrogens is 2. The molecule has 114 valence electrons. The number of hydrogen-bond donors (Lipinski definition) is 1. The molecule has 0 spiro atoms. The number of hydrogen-bond acceptors (Lipinski definition) is 4. The Kier molecular flexibility index (Phi) is 4.18. The molecule has 0 aliphatic carbocycles. The lowest BCUT2D eigenvalue weighted by atomic mass is 10.1. The van der Waals surface area contributed by atoms with Gasteiger partial charge in [0.15, 0.2) is 0 Å². The third-order valence-electron chi connectivity index (χ3n) is 3.70. The van der Waals surface area contributed by atoms with E-state index in [9.17, 15) is 9.90 Å². The van der Waals surface area contributed by atoms with E-state index in [4.69, 9.17) is 23.2 Å². The minimum atomic E-state index is -0.827. The highest BCUT2D eigenvalue weighted by Gasteiger charge is 2.31. The van der Waals surface area contributed by atoms with Crippen LogP contribution in [0.25, 0.3) is 11.3 Å². The Morgan fingerprint density at radius 2 is 2.05 bits per heavy atom. The molecule has 0 amide bonds. The Balaban J connectivity index is 1.95. The van der Waals surface area contributed by atoms with Crippen molar-refractivity contribution in [3.8, 4) is 11.3 Å². The van der Waals surface area contributed by atoms with Crippen molar-refractivity contribution < 1.29 is 9.90 Å². The summed E-state index contributed by atoms with van der Waals surface area (Å²) in [4.78, 5) is 21.5. The van der Waals surface area contributed by atoms with Crippen molar-refractivity contribution in [1.29, 1.82) is 0 Å². The lowest BCUT2D eigenvalue weighted by Gasteiger charge is -2.22. The highest BCUT2D eigenvalue weighted by molar-refractivity contribution is 6.42. The molecule has 22 heavy (non-hydrogen) atoms. The standard InChI is InChI=1S/C15H13Cl2N3O2/c16-10-4-3-9(6-11(10)17)12-7-14(19-8-18-12)20-5-1-2-13(20)15(21)22/h3-4,6-8,13H,1-2,5H2,(H,21,22)/t13-/m0/s1. The topological polar surface area (TPSA) is 66.3 Å². The molecule has 3 rings (SSSR count). The fourth-order valence-corrected chi connectivity index (χ4v) is 2.91. The molecule has 2 aromatic rings. The molecule has 1 fully saturated rings. The van der Waals surface area contributed by atoms with Crippen molar-refractivity contribution in [2.45, 2.75) is 18.9 Å². The molecule has 1 aromatic carbocycles. The minimum Gasteiger partial charge on any atom is -0.480 e. The number of anilines is 1. The second-order valence-electron chi connectivity index (χ2n) is 5.08. The Morgan fingerprint density at radius 1 is 1.23 bits per heavy atom. The van der Waals surface area contributed by atoms with Crippen LogP contribution < -0.4 is 4.90 Å². The Morgan fingerprint density at radius 3 is 2.77 bits per heavy atom. The predicted octanol–water partition coefficient (Wildman–Crippen LogP) is 3.50. The maximum atomic E-state index is 11.3. The second kappa shape index (κ2) is 6.10. The fourth-order valence-electron chi connectivity index (χ4n) is 2.62. The second-order valence-corrected chi connectivity index (χ2v) is 5.89. The molecule has 1 aromatic heterocycles. The van der Waals surface area contributed by atoms with Gasteiger partial charge in [-0.1, -0.05) is 29.3 Å². The van der Waals surface area contributed by atoms with Crippen LogP contribution in [0.5, 0.6) is 0 Å². The molecule has 5 nitrogen and oxygen atoms in total. The number of benzene rings is 1. The average Bonchev–Trinajstić information content (AvgIpc) is 3.00. The zero-order valence-electron chi connectivity index (χ0n) is 11.5. The summed E-state index contributed by atoms with van der Waals surface area (Å²) in [5.74, 6) is -0.215.